The second-order valence-electron chi connectivity index (χ2n) is 4.54. The molecular weight excluding hydrogens is 375 g/mol. The van der Waals surface area contributed by atoms with Gasteiger partial charge in [-0.05, 0) is 40.8 Å². The number of nitrogens with zero attached hydrogens (tertiary/aromatic N) is 1. The number of carbonyl (C=O) groups is 2. The van der Waals surface area contributed by atoms with E-state index < -0.39 is 18.0 Å². The lowest BCUT2D eigenvalue weighted by Crippen LogP contribution is -2.43. The zero-order chi connectivity index (χ0) is 14.7. The fourth-order valence-corrected chi connectivity index (χ4v) is 2.73. The molecule has 20 heavy (non-hydrogen) atoms. The van der Waals surface area contributed by atoms with Gasteiger partial charge in [0, 0.05) is 29.3 Å². The van der Waals surface area contributed by atoms with Gasteiger partial charge in [-0.3, -0.25) is 0 Å². The highest BCUT2D eigenvalue weighted by Crippen LogP contribution is 2.22. The second kappa shape index (κ2) is 6.40. The molecule has 0 bridgehead atoms. The van der Waals surface area contributed by atoms with Crippen LogP contribution in [0.5, 0.6) is 0 Å². The average Bonchev–Trinajstić information content (AvgIpc) is 2.83. The number of ether oxygens (including phenoxy) is 1. The summed E-state index contributed by atoms with van der Waals surface area (Å²) in [6.07, 6.45) is 0.0729. The van der Waals surface area contributed by atoms with Gasteiger partial charge < -0.3 is 20.1 Å². The number of likely N-dealkylation sites (tertiary alicyclic amines) is 1. The van der Waals surface area contributed by atoms with Gasteiger partial charge in [0.15, 0.2) is 0 Å². The summed E-state index contributed by atoms with van der Waals surface area (Å²) in [6, 6.07) is 6.06. The Kier molecular flexibility index (Phi) is 4.81. The smallest absolute Gasteiger partial charge is 0.326 e. The molecule has 2 amide bonds. The molecule has 1 saturated heterocycles. The summed E-state index contributed by atoms with van der Waals surface area (Å²) < 4.78 is 6.15. The van der Waals surface area contributed by atoms with Crippen LogP contribution < -0.4 is 5.32 Å². The Morgan fingerprint density at radius 2 is 2.25 bits per heavy atom. The van der Waals surface area contributed by atoms with Crippen LogP contribution in [0.4, 0.5) is 10.5 Å². The predicted octanol–water partition coefficient (Wildman–Crippen LogP) is 2.00. The minimum atomic E-state index is -1.01. The van der Waals surface area contributed by atoms with Crippen LogP contribution in [-0.4, -0.2) is 47.8 Å². The lowest BCUT2D eigenvalue weighted by atomic mass is 10.2. The van der Waals surface area contributed by atoms with E-state index in [9.17, 15) is 14.7 Å². The van der Waals surface area contributed by atoms with E-state index in [1.807, 2.05) is 18.2 Å². The highest BCUT2D eigenvalue weighted by Gasteiger charge is 2.39. The first-order valence-corrected chi connectivity index (χ1v) is 7.18. The molecule has 1 heterocycles. The second-order valence-corrected chi connectivity index (χ2v) is 5.79. The number of halogens is 1. The van der Waals surface area contributed by atoms with Crippen molar-refractivity contribution in [2.75, 3.05) is 19.0 Å². The molecule has 1 aromatic rings. The Bertz CT molecular complexity index is 523. The third-order valence-electron chi connectivity index (χ3n) is 3.22. The Morgan fingerprint density at radius 1 is 1.50 bits per heavy atom. The van der Waals surface area contributed by atoms with Crippen molar-refractivity contribution < 1.29 is 19.4 Å². The molecule has 0 spiro atoms. The van der Waals surface area contributed by atoms with E-state index in [0.29, 0.717) is 12.1 Å². The van der Waals surface area contributed by atoms with Gasteiger partial charge in [0.25, 0.3) is 0 Å². The normalized spacial score (nSPS) is 21.8. The first kappa shape index (κ1) is 15.0. The molecule has 7 heteroatoms. The van der Waals surface area contributed by atoms with Crippen LogP contribution in [0.15, 0.2) is 24.3 Å². The third kappa shape index (κ3) is 3.40. The molecule has 0 aliphatic carbocycles. The van der Waals surface area contributed by atoms with Crippen LogP contribution in [-0.2, 0) is 9.53 Å². The van der Waals surface area contributed by atoms with E-state index in [1.165, 1.54) is 12.0 Å². The number of benzene rings is 1. The molecule has 2 unspecified atom stereocenters. The van der Waals surface area contributed by atoms with Gasteiger partial charge in [-0.25, -0.2) is 9.59 Å². The maximum Gasteiger partial charge on any atom is 0.326 e. The number of amides is 2. The third-order valence-corrected chi connectivity index (χ3v) is 3.89. The number of carboxylic acid groups (broad SMARTS) is 1. The minimum Gasteiger partial charge on any atom is -0.480 e. The fourth-order valence-electron chi connectivity index (χ4n) is 2.19. The van der Waals surface area contributed by atoms with E-state index >= 15 is 0 Å². The number of anilines is 1. The molecule has 2 rings (SSSR count). The van der Waals surface area contributed by atoms with E-state index in [4.69, 9.17) is 4.74 Å². The largest absolute Gasteiger partial charge is 0.480 e. The summed E-state index contributed by atoms with van der Waals surface area (Å²) in [7, 11) is 1.52. The number of hydrogen-bond acceptors (Lipinski definition) is 3. The number of carbonyl (C=O) groups excluding carboxylic acids is 1. The van der Waals surface area contributed by atoms with E-state index in [0.717, 1.165) is 3.57 Å². The molecule has 1 aliphatic heterocycles. The average molecular weight is 390 g/mol. The van der Waals surface area contributed by atoms with E-state index in [2.05, 4.69) is 27.9 Å². The van der Waals surface area contributed by atoms with Crippen molar-refractivity contribution in [2.45, 2.75) is 18.6 Å². The first-order valence-electron chi connectivity index (χ1n) is 6.10. The highest BCUT2D eigenvalue weighted by molar-refractivity contribution is 14.1. The standard InChI is InChI=1S/C13H15IN2O4/c1-20-10-6-11(12(17)18)16(7-10)13(19)15-9-4-2-3-8(14)5-9/h2-5,10-11H,6-7H2,1H3,(H,15,19)(H,17,18). The summed E-state index contributed by atoms with van der Waals surface area (Å²) in [5, 5.41) is 11.9. The number of urea groups is 1. The molecule has 1 fully saturated rings. The van der Waals surface area contributed by atoms with Crippen LogP contribution in [0.2, 0.25) is 0 Å². The lowest BCUT2D eigenvalue weighted by molar-refractivity contribution is -0.141. The fraction of sp³-hybridized carbons (Fsp3) is 0.385. The van der Waals surface area contributed by atoms with Crippen molar-refractivity contribution >= 4 is 40.3 Å². The molecule has 0 aromatic heterocycles. The van der Waals surface area contributed by atoms with Crippen molar-refractivity contribution in [3.8, 4) is 0 Å². The maximum absolute atomic E-state index is 12.2. The van der Waals surface area contributed by atoms with Crippen molar-refractivity contribution in [1.82, 2.24) is 4.90 Å². The van der Waals surface area contributed by atoms with Gasteiger partial charge >= 0.3 is 12.0 Å². The summed E-state index contributed by atoms with van der Waals surface area (Å²) >= 11 is 2.15. The van der Waals surface area contributed by atoms with Crippen molar-refractivity contribution in [3.05, 3.63) is 27.8 Å². The monoisotopic (exact) mass is 390 g/mol. The Balaban J connectivity index is 2.09. The number of methoxy groups -OCH3 is 1. The zero-order valence-electron chi connectivity index (χ0n) is 10.9. The molecule has 0 saturated carbocycles. The molecule has 108 valence electrons. The first-order chi connectivity index (χ1) is 9.51. The van der Waals surface area contributed by atoms with Crippen LogP contribution in [0.1, 0.15) is 6.42 Å². The quantitative estimate of drug-likeness (QED) is 0.774. The molecule has 2 atom stereocenters. The number of nitrogens with one attached hydrogen (secondary N) is 1. The topological polar surface area (TPSA) is 78.9 Å². The number of rotatable bonds is 3. The molecular formula is C13H15IN2O4. The highest BCUT2D eigenvalue weighted by atomic mass is 127. The van der Waals surface area contributed by atoms with E-state index in [-0.39, 0.29) is 12.6 Å². The Morgan fingerprint density at radius 3 is 2.85 bits per heavy atom. The summed E-state index contributed by atoms with van der Waals surface area (Å²) in [4.78, 5) is 24.7. The van der Waals surface area contributed by atoms with Gasteiger partial charge in [-0.15, -0.1) is 0 Å². The lowest BCUT2D eigenvalue weighted by Gasteiger charge is -2.21. The summed E-state index contributed by atoms with van der Waals surface area (Å²) in [5.74, 6) is -1.01. The van der Waals surface area contributed by atoms with Gasteiger partial charge in [-0.2, -0.15) is 0 Å². The van der Waals surface area contributed by atoms with Crippen molar-refractivity contribution in [1.29, 1.82) is 0 Å². The Hall–Kier alpha value is -1.35. The van der Waals surface area contributed by atoms with Gasteiger partial charge in [-0.1, -0.05) is 6.07 Å². The number of aliphatic carboxylic acids is 1. The van der Waals surface area contributed by atoms with E-state index in [1.54, 1.807) is 6.07 Å². The van der Waals surface area contributed by atoms with Crippen LogP contribution >= 0.6 is 22.6 Å². The predicted molar refractivity (Wildman–Crippen MR) is 81.7 cm³/mol. The van der Waals surface area contributed by atoms with Crippen LogP contribution in [0.3, 0.4) is 0 Å². The van der Waals surface area contributed by atoms with Crippen LogP contribution in [0.25, 0.3) is 0 Å². The van der Waals surface area contributed by atoms with Gasteiger partial charge in [0.2, 0.25) is 0 Å². The molecule has 0 radical (unpaired) electrons. The molecule has 2 N–H and O–H groups in total. The summed E-state index contributed by atoms with van der Waals surface area (Å²) in [6.45, 7) is 0.281. The number of hydrogen-bond donors (Lipinski definition) is 2. The minimum absolute atomic E-state index is 0.238. The molecule has 1 aliphatic rings. The Labute approximate surface area is 130 Å². The summed E-state index contributed by atoms with van der Waals surface area (Å²) in [5.41, 5.74) is 0.645. The molecule has 6 nitrogen and oxygen atoms in total. The van der Waals surface area contributed by atoms with Gasteiger partial charge in [0.1, 0.15) is 6.04 Å². The SMILES string of the molecule is COC1CC(C(=O)O)N(C(=O)Nc2cccc(I)c2)C1. The number of carboxylic acids is 1. The molecule has 1 aromatic carbocycles. The van der Waals surface area contributed by atoms with Gasteiger partial charge in [0.05, 0.1) is 6.10 Å². The maximum atomic E-state index is 12.2. The van der Waals surface area contributed by atoms with Crippen molar-refractivity contribution in [2.24, 2.45) is 0 Å². The van der Waals surface area contributed by atoms with Crippen LogP contribution in [0, 0.1) is 3.57 Å². The zero-order valence-corrected chi connectivity index (χ0v) is 13.0. The van der Waals surface area contributed by atoms with Crippen molar-refractivity contribution in [3.63, 3.8) is 0 Å².